The van der Waals surface area contributed by atoms with E-state index in [2.05, 4.69) is 0 Å². The van der Waals surface area contributed by atoms with Gasteiger partial charge in [0, 0.05) is 17.3 Å². The molecular weight excluding hydrogens is 244 g/mol. The number of amides is 1. The molecule has 5 nitrogen and oxygen atoms in total. The number of hydrogen-bond acceptors (Lipinski definition) is 4. The third-order valence-electron chi connectivity index (χ3n) is 3.40. The lowest BCUT2D eigenvalue weighted by Gasteiger charge is -2.46. The molecule has 5 heteroatoms. The molecule has 0 aliphatic carbocycles. The summed E-state index contributed by atoms with van der Waals surface area (Å²) in [6.07, 6.45) is 0.651. The maximum Gasteiger partial charge on any atom is 0.254 e. The molecule has 2 rings (SSSR count). The zero-order valence-electron chi connectivity index (χ0n) is 11.3. The predicted molar refractivity (Wildman–Crippen MR) is 73.2 cm³/mol. The number of likely N-dealkylation sites (tertiary alicyclic amines) is 1. The maximum atomic E-state index is 12.2. The van der Waals surface area contributed by atoms with E-state index in [0.717, 1.165) is 0 Å². The van der Waals surface area contributed by atoms with Crippen LogP contribution in [0.3, 0.4) is 0 Å². The molecule has 0 radical (unpaired) electrons. The van der Waals surface area contributed by atoms with Gasteiger partial charge >= 0.3 is 0 Å². The van der Waals surface area contributed by atoms with Crippen LogP contribution in [0, 0.1) is 0 Å². The van der Waals surface area contributed by atoms with Gasteiger partial charge < -0.3 is 20.5 Å². The number of nitrogens with zero attached hydrogens (tertiary/aromatic N) is 1. The van der Waals surface area contributed by atoms with Crippen LogP contribution in [-0.4, -0.2) is 41.2 Å². The Morgan fingerprint density at radius 3 is 2.68 bits per heavy atom. The molecular formula is C14H20N2O3. The summed E-state index contributed by atoms with van der Waals surface area (Å²) < 4.78 is 5.37. The van der Waals surface area contributed by atoms with Crippen molar-refractivity contribution in [3.63, 3.8) is 0 Å². The third kappa shape index (κ3) is 2.81. The molecule has 1 amide bonds. The van der Waals surface area contributed by atoms with Crippen LogP contribution < -0.4 is 10.5 Å². The van der Waals surface area contributed by atoms with Crippen molar-refractivity contribution < 1.29 is 14.6 Å². The first-order valence-corrected chi connectivity index (χ1v) is 6.52. The summed E-state index contributed by atoms with van der Waals surface area (Å²) in [6, 6.07) is 5.01. The number of benzene rings is 1. The summed E-state index contributed by atoms with van der Waals surface area (Å²) in [5, 5.41) is 9.94. The van der Waals surface area contributed by atoms with E-state index in [4.69, 9.17) is 10.5 Å². The highest BCUT2D eigenvalue weighted by molar-refractivity contribution is 5.96. The van der Waals surface area contributed by atoms with Crippen LogP contribution in [0.15, 0.2) is 18.2 Å². The molecule has 0 saturated carbocycles. The molecule has 3 N–H and O–H groups in total. The lowest BCUT2D eigenvalue weighted by Crippen LogP contribution is -2.63. The van der Waals surface area contributed by atoms with Gasteiger partial charge in [-0.2, -0.15) is 0 Å². The van der Waals surface area contributed by atoms with E-state index < -0.39 is 5.60 Å². The number of hydrogen-bond donors (Lipinski definition) is 2. The minimum atomic E-state index is -0.723. The Hall–Kier alpha value is -1.75. The summed E-state index contributed by atoms with van der Waals surface area (Å²) in [7, 11) is 0. The largest absolute Gasteiger partial charge is 0.494 e. The fourth-order valence-electron chi connectivity index (χ4n) is 2.21. The first kappa shape index (κ1) is 13.7. The monoisotopic (exact) mass is 264 g/mol. The van der Waals surface area contributed by atoms with Crippen molar-refractivity contribution in [1.82, 2.24) is 4.90 Å². The van der Waals surface area contributed by atoms with Crippen LogP contribution in [0.1, 0.15) is 30.6 Å². The van der Waals surface area contributed by atoms with Crippen LogP contribution in [0.4, 0.5) is 5.69 Å². The van der Waals surface area contributed by atoms with Gasteiger partial charge in [0.1, 0.15) is 5.75 Å². The van der Waals surface area contributed by atoms with Gasteiger partial charge in [-0.15, -0.1) is 0 Å². The van der Waals surface area contributed by atoms with Crippen LogP contribution in [-0.2, 0) is 0 Å². The fraction of sp³-hybridized carbons (Fsp3) is 0.500. The van der Waals surface area contributed by atoms with E-state index in [1.165, 1.54) is 0 Å². The molecule has 1 aromatic carbocycles. The molecule has 1 aliphatic rings. The van der Waals surface area contributed by atoms with Gasteiger partial charge in [0.05, 0.1) is 25.3 Å². The number of rotatable bonds is 4. The average Bonchev–Trinajstić information content (AvgIpc) is 2.34. The van der Waals surface area contributed by atoms with Gasteiger partial charge in [0.25, 0.3) is 5.91 Å². The van der Waals surface area contributed by atoms with E-state index in [9.17, 15) is 9.90 Å². The molecule has 1 heterocycles. The lowest BCUT2D eigenvalue weighted by molar-refractivity contribution is -0.0826. The first-order valence-electron chi connectivity index (χ1n) is 6.52. The predicted octanol–water partition coefficient (Wildman–Crippen LogP) is 1.26. The molecule has 1 aliphatic heterocycles. The van der Waals surface area contributed by atoms with Crippen molar-refractivity contribution in [2.45, 2.75) is 25.9 Å². The normalized spacial score (nSPS) is 16.9. The SMILES string of the molecule is CCOc1cc(N)cc(C(=O)N2CC(O)(CC)C2)c1. The van der Waals surface area contributed by atoms with E-state index in [-0.39, 0.29) is 5.91 Å². The molecule has 19 heavy (non-hydrogen) atoms. The maximum absolute atomic E-state index is 12.2. The minimum Gasteiger partial charge on any atom is -0.494 e. The zero-order chi connectivity index (χ0) is 14.0. The van der Waals surface area contributed by atoms with Gasteiger partial charge in [-0.05, 0) is 25.5 Å². The Kier molecular flexibility index (Phi) is 3.66. The molecule has 0 spiro atoms. The van der Waals surface area contributed by atoms with E-state index >= 15 is 0 Å². The number of nitrogen functional groups attached to an aromatic ring is 1. The molecule has 1 aromatic rings. The first-order chi connectivity index (χ1) is 8.97. The van der Waals surface area contributed by atoms with Crippen molar-refractivity contribution in [1.29, 1.82) is 0 Å². The van der Waals surface area contributed by atoms with Crippen LogP contribution >= 0.6 is 0 Å². The Balaban J connectivity index is 2.12. The molecule has 104 valence electrons. The van der Waals surface area contributed by atoms with E-state index in [1.807, 2.05) is 13.8 Å². The van der Waals surface area contributed by atoms with E-state index in [1.54, 1.807) is 23.1 Å². The zero-order valence-corrected chi connectivity index (χ0v) is 11.3. The van der Waals surface area contributed by atoms with Crippen LogP contribution in [0.2, 0.25) is 0 Å². The van der Waals surface area contributed by atoms with Gasteiger partial charge in [0.2, 0.25) is 0 Å². The summed E-state index contributed by atoms with van der Waals surface area (Å²) >= 11 is 0. The summed E-state index contributed by atoms with van der Waals surface area (Å²) in [6.45, 7) is 5.07. The number of aliphatic hydroxyl groups is 1. The topological polar surface area (TPSA) is 75.8 Å². The summed E-state index contributed by atoms with van der Waals surface area (Å²) in [4.78, 5) is 13.9. The standard InChI is InChI=1S/C14H20N2O3/c1-3-14(18)8-16(9-14)13(17)10-5-11(15)7-12(6-10)19-4-2/h5-7,18H,3-4,8-9,15H2,1-2H3. The highest BCUT2D eigenvalue weighted by Gasteiger charge is 2.42. The second-order valence-corrected chi connectivity index (χ2v) is 4.96. The van der Waals surface area contributed by atoms with Gasteiger partial charge in [0.15, 0.2) is 0 Å². The molecule has 0 bridgehead atoms. The summed E-state index contributed by atoms with van der Waals surface area (Å²) in [5.74, 6) is 0.475. The molecule has 0 aromatic heterocycles. The molecule has 1 saturated heterocycles. The molecule has 0 atom stereocenters. The van der Waals surface area contributed by atoms with Gasteiger partial charge in [-0.3, -0.25) is 4.79 Å². The number of carbonyl (C=O) groups is 1. The van der Waals surface area contributed by atoms with Crippen LogP contribution in [0.5, 0.6) is 5.75 Å². The van der Waals surface area contributed by atoms with Crippen molar-refractivity contribution in [3.8, 4) is 5.75 Å². The Labute approximate surface area is 113 Å². The van der Waals surface area contributed by atoms with Gasteiger partial charge in [-0.25, -0.2) is 0 Å². The lowest BCUT2D eigenvalue weighted by atomic mass is 9.90. The van der Waals surface area contributed by atoms with Crippen molar-refractivity contribution in [2.24, 2.45) is 0 Å². The minimum absolute atomic E-state index is 0.119. The Morgan fingerprint density at radius 2 is 2.11 bits per heavy atom. The second kappa shape index (κ2) is 5.09. The number of carbonyl (C=O) groups excluding carboxylic acids is 1. The fourth-order valence-corrected chi connectivity index (χ4v) is 2.21. The number of nitrogens with two attached hydrogens (primary N) is 1. The highest BCUT2D eigenvalue weighted by Crippen LogP contribution is 2.27. The Morgan fingerprint density at radius 1 is 1.42 bits per heavy atom. The second-order valence-electron chi connectivity index (χ2n) is 4.96. The Bertz CT molecular complexity index is 482. The average molecular weight is 264 g/mol. The quantitative estimate of drug-likeness (QED) is 0.803. The smallest absolute Gasteiger partial charge is 0.254 e. The van der Waals surface area contributed by atoms with Crippen LogP contribution in [0.25, 0.3) is 0 Å². The third-order valence-corrected chi connectivity index (χ3v) is 3.40. The number of β-amino-alcohol motifs (C(OH)–C–C–N with tert-alkyl or cyclic N) is 1. The molecule has 0 unspecified atom stereocenters. The van der Waals surface area contributed by atoms with Gasteiger partial charge in [-0.1, -0.05) is 6.92 Å². The number of anilines is 1. The highest BCUT2D eigenvalue weighted by atomic mass is 16.5. The van der Waals surface area contributed by atoms with Crippen molar-refractivity contribution in [3.05, 3.63) is 23.8 Å². The number of ether oxygens (including phenoxy) is 1. The van der Waals surface area contributed by atoms with Crippen molar-refractivity contribution in [2.75, 3.05) is 25.4 Å². The summed E-state index contributed by atoms with van der Waals surface area (Å²) in [5.41, 5.74) is 6.04. The van der Waals surface area contributed by atoms with Crippen molar-refractivity contribution >= 4 is 11.6 Å². The van der Waals surface area contributed by atoms with E-state index in [0.29, 0.717) is 43.1 Å². The molecule has 1 fully saturated rings.